The monoisotopic (exact) mass is 367 g/mol. The molecular weight excluding hydrogens is 354 g/mol. The standard InChI is InChI=1S/C18H14ClN5O2/c1-10-4-11(8-20)6-13(5-10)23(18(25)26)16-7-15(19)22-17-14(12-2-3-12)9-21-24(16)17/h4-7,9,12H,2-3H2,1H3,(H,25,26). The van der Waals surface area contributed by atoms with E-state index in [1.807, 2.05) is 6.07 Å². The minimum atomic E-state index is -1.20. The van der Waals surface area contributed by atoms with E-state index in [-0.39, 0.29) is 11.0 Å². The van der Waals surface area contributed by atoms with E-state index in [1.54, 1.807) is 25.3 Å². The largest absolute Gasteiger partial charge is 0.464 e. The van der Waals surface area contributed by atoms with Crippen molar-refractivity contribution in [2.45, 2.75) is 25.7 Å². The molecule has 0 aliphatic heterocycles. The number of nitriles is 1. The van der Waals surface area contributed by atoms with E-state index >= 15 is 0 Å². The van der Waals surface area contributed by atoms with E-state index in [1.165, 1.54) is 16.6 Å². The van der Waals surface area contributed by atoms with Crippen molar-refractivity contribution in [3.8, 4) is 6.07 Å². The first kappa shape index (κ1) is 16.4. The van der Waals surface area contributed by atoms with Gasteiger partial charge in [-0.1, -0.05) is 11.6 Å². The van der Waals surface area contributed by atoms with Crippen molar-refractivity contribution < 1.29 is 9.90 Å². The minimum Gasteiger partial charge on any atom is -0.464 e. The second-order valence-corrected chi connectivity index (χ2v) is 6.72. The van der Waals surface area contributed by atoms with Gasteiger partial charge in [0.25, 0.3) is 0 Å². The Balaban J connectivity index is 1.95. The van der Waals surface area contributed by atoms with E-state index in [0.717, 1.165) is 28.9 Å². The summed E-state index contributed by atoms with van der Waals surface area (Å²) in [7, 11) is 0. The number of carbonyl (C=O) groups is 1. The molecule has 0 atom stereocenters. The highest BCUT2D eigenvalue weighted by atomic mass is 35.5. The van der Waals surface area contributed by atoms with Gasteiger partial charge >= 0.3 is 6.09 Å². The molecule has 0 saturated heterocycles. The zero-order valence-corrected chi connectivity index (χ0v) is 14.6. The lowest BCUT2D eigenvalue weighted by atomic mass is 10.1. The summed E-state index contributed by atoms with van der Waals surface area (Å²) in [6, 6.07) is 8.42. The molecule has 1 saturated carbocycles. The number of amides is 1. The van der Waals surface area contributed by atoms with Crippen LogP contribution in [0.3, 0.4) is 0 Å². The van der Waals surface area contributed by atoms with Crippen LogP contribution in [0.15, 0.2) is 30.5 Å². The Kier molecular flexibility index (Phi) is 3.78. The Hall–Kier alpha value is -3.11. The number of aryl methyl sites for hydroxylation is 1. The maximum atomic E-state index is 12.1. The summed E-state index contributed by atoms with van der Waals surface area (Å²) in [5.41, 5.74) is 3.04. The topological polar surface area (TPSA) is 94.5 Å². The van der Waals surface area contributed by atoms with Crippen molar-refractivity contribution in [1.82, 2.24) is 14.6 Å². The van der Waals surface area contributed by atoms with Crippen molar-refractivity contribution in [1.29, 1.82) is 5.26 Å². The van der Waals surface area contributed by atoms with Crippen LogP contribution in [0.25, 0.3) is 5.65 Å². The van der Waals surface area contributed by atoms with Crippen molar-refractivity contribution in [2.75, 3.05) is 4.90 Å². The van der Waals surface area contributed by atoms with Crippen molar-refractivity contribution in [3.05, 3.63) is 52.3 Å². The van der Waals surface area contributed by atoms with Crippen LogP contribution in [-0.2, 0) is 0 Å². The van der Waals surface area contributed by atoms with Crippen molar-refractivity contribution >= 4 is 34.8 Å². The quantitative estimate of drug-likeness (QED) is 0.698. The van der Waals surface area contributed by atoms with E-state index < -0.39 is 6.09 Å². The van der Waals surface area contributed by atoms with Gasteiger partial charge in [0.15, 0.2) is 5.65 Å². The molecule has 2 aromatic heterocycles. The van der Waals surface area contributed by atoms with Crippen LogP contribution >= 0.6 is 11.6 Å². The molecule has 1 fully saturated rings. The highest BCUT2D eigenvalue weighted by molar-refractivity contribution is 6.29. The van der Waals surface area contributed by atoms with E-state index in [9.17, 15) is 15.2 Å². The molecule has 2 heterocycles. The molecule has 1 aliphatic rings. The number of hydrogen-bond acceptors (Lipinski definition) is 4. The van der Waals surface area contributed by atoms with Gasteiger partial charge in [0.05, 0.1) is 23.5 Å². The predicted molar refractivity (Wildman–Crippen MR) is 96.0 cm³/mol. The summed E-state index contributed by atoms with van der Waals surface area (Å²) in [5, 5.41) is 23.6. The fourth-order valence-corrected chi connectivity index (χ4v) is 3.25. The summed E-state index contributed by atoms with van der Waals surface area (Å²) in [5.74, 6) is 0.655. The molecule has 3 aromatic rings. The van der Waals surface area contributed by atoms with Crippen LogP contribution in [0.2, 0.25) is 5.15 Å². The van der Waals surface area contributed by atoms with Crippen LogP contribution in [0.5, 0.6) is 0 Å². The van der Waals surface area contributed by atoms with Gasteiger partial charge in [0, 0.05) is 11.6 Å². The Labute approximate surface area is 154 Å². The molecule has 1 aliphatic carbocycles. The Morgan fingerprint density at radius 1 is 1.38 bits per heavy atom. The molecule has 0 radical (unpaired) electrons. The van der Waals surface area contributed by atoms with Crippen molar-refractivity contribution in [3.63, 3.8) is 0 Å². The third kappa shape index (κ3) is 2.74. The Bertz CT molecular complexity index is 1080. The van der Waals surface area contributed by atoms with Gasteiger partial charge < -0.3 is 5.11 Å². The summed E-state index contributed by atoms with van der Waals surface area (Å²) < 4.78 is 1.49. The molecule has 1 aromatic carbocycles. The smallest absolute Gasteiger partial charge is 0.417 e. The summed E-state index contributed by atoms with van der Waals surface area (Å²) in [4.78, 5) is 17.5. The van der Waals surface area contributed by atoms with Crippen LogP contribution in [0.1, 0.15) is 35.4 Å². The lowest BCUT2D eigenvalue weighted by Crippen LogP contribution is -2.26. The first-order valence-electron chi connectivity index (χ1n) is 8.07. The summed E-state index contributed by atoms with van der Waals surface area (Å²) in [6.45, 7) is 1.80. The highest BCUT2D eigenvalue weighted by Crippen LogP contribution is 2.42. The fourth-order valence-electron chi connectivity index (χ4n) is 3.07. The molecule has 0 spiro atoms. The zero-order chi connectivity index (χ0) is 18.4. The molecule has 8 heteroatoms. The van der Waals surface area contributed by atoms with Crippen LogP contribution < -0.4 is 4.90 Å². The number of halogens is 1. The molecule has 7 nitrogen and oxygen atoms in total. The third-order valence-corrected chi connectivity index (χ3v) is 4.53. The molecule has 4 rings (SSSR count). The maximum absolute atomic E-state index is 12.1. The lowest BCUT2D eigenvalue weighted by molar-refractivity contribution is 0.204. The van der Waals surface area contributed by atoms with E-state index in [4.69, 9.17) is 11.6 Å². The molecular formula is C18H14ClN5O2. The van der Waals surface area contributed by atoms with Gasteiger partial charge in [-0.05, 0) is 49.4 Å². The number of hydrogen-bond donors (Lipinski definition) is 1. The van der Waals surface area contributed by atoms with Crippen LogP contribution in [0, 0.1) is 18.3 Å². The van der Waals surface area contributed by atoms with Gasteiger partial charge in [-0.15, -0.1) is 0 Å². The average Bonchev–Trinajstić information content (AvgIpc) is 3.34. The second kappa shape index (κ2) is 6.00. The molecule has 1 N–H and O–H groups in total. The van der Waals surface area contributed by atoms with Gasteiger partial charge in [-0.25, -0.2) is 14.7 Å². The number of rotatable bonds is 3. The zero-order valence-electron chi connectivity index (χ0n) is 13.8. The molecule has 1 amide bonds. The van der Waals surface area contributed by atoms with Crippen molar-refractivity contribution in [2.24, 2.45) is 0 Å². The Morgan fingerprint density at radius 3 is 2.81 bits per heavy atom. The third-order valence-electron chi connectivity index (χ3n) is 4.34. The first-order valence-corrected chi connectivity index (χ1v) is 8.44. The van der Waals surface area contributed by atoms with E-state index in [2.05, 4.69) is 10.1 Å². The Morgan fingerprint density at radius 2 is 2.15 bits per heavy atom. The number of anilines is 2. The number of nitrogens with zero attached hydrogens (tertiary/aromatic N) is 5. The SMILES string of the molecule is Cc1cc(C#N)cc(N(C(=O)O)c2cc(Cl)nc3c(C4CC4)cnn23)c1. The lowest BCUT2D eigenvalue weighted by Gasteiger charge is -2.21. The maximum Gasteiger partial charge on any atom is 0.417 e. The number of benzene rings is 1. The van der Waals surface area contributed by atoms with Crippen LogP contribution in [-0.4, -0.2) is 25.8 Å². The summed E-state index contributed by atoms with van der Waals surface area (Å²) >= 11 is 6.18. The first-order chi connectivity index (χ1) is 12.5. The number of carboxylic acid groups (broad SMARTS) is 1. The fraction of sp³-hybridized carbons (Fsp3) is 0.222. The molecule has 26 heavy (non-hydrogen) atoms. The predicted octanol–water partition coefficient (Wildman–Crippen LogP) is 4.26. The van der Waals surface area contributed by atoms with Gasteiger partial charge in [0.2, 0.25) is 0 Å². The van der Waals surface area contributed by atoms with Gasteiger partial charge in [-0.2, -0.15) is 14.9 Å². The van der Waals surface area contributed by atoms with Gasteiger partial charge in [0.1, 0.15) is 11.0 Å². The van der Waals surface area contributed by atoms with Crippen LogP contribution in [0.4, 0.5) is 16.3 Å². The number of fused-ring (bicyclic) bond motifs is 1. The second-order valence-electron chi connectivity index (χ2n) is 6.33. The minimum absolute atomic E-state index is 0.189. The highest BCUT2D eigenvalue weighted by Gasteiger charge is 2.30. The molecule has 0 unspecified atom stereocenters. The average molecular weight is 368 g/mol. The molecule has 130 valence electrons. The van der Waals surface area contributed by atoms with Gasteiger partial charge in [-0.3, -0.25) is 0 Å². The normalized spacial score (nSPS) is 13.6. The molecule has 0 bridgehead atoms. The number of aromatic nitrogens is 3. The van der Waals surface area contributed by atoms with E-state index in [0.29, 0.717) is 22.8 Å². The summed E-state index contributed by atoms with van der Waals surface area (Å²) in [6.07, 6.45) is 2.65.